The van der Waals surface area contributed by atoms with E-state index in [2.05, 4.69) is 4.98 Å². The SMILES string of the molecule is Cl.NCCc1nc(C(=O)N(Cc2cccc(F)c2)CC2CCCO2)cs1. The summed E-state index contributed by atoms with van der Waals surface area (Å²) in [5, 5.41) is 2.62. The van der Waals surface area contributed by atoms with Crippen LogP contribution < -0.4 is 5.73 Å². The highest BCUT2D eigenvalue weighted by atomic mass is 35.5. The lowest BCUT2D eigenvalue weighted by atomic mass is 10.1. The van der Waals surface area contributed by atoms with Gasteiger partial charge in [0.25, 0.3) is 5.91 Å². The summed E-state index contributed by atoms with van der Waals surface area (Å²) < 4.78 is 19.2. The molecule has 0 aliphatic carbocycles. The number of rotatable bonds is 7. The highest BCUT2D eigenvalue weighted by molar-refractivity contribution is 7.09. The number of amides is 1. The van der Waals surface area contributed by atoms with Gasteiger partial charge in [0, 0.05) is 31.5 Å². The summed E-state index contributed by atoms with van der Waals surface area (Å²) in [5.74, 6) is -0.458. The normalized spacial score (nSPS) is 16.3. The highest BCUT2D eigenvalue weighted by Crippen LogP contribution is 2.19. The van der Waals surface area contributed by atoms with Gasteiger partial charge in [-0.05, 0) is 37.1 Å². The van der Waals surface area contributed by atoms with Gasteiger partial charge >= 0.3 is 0 Å². The van der Waals surface area contributed by atoms with Crippen LogP contribution in [0.25, 0.3) is 0 Å². The van der Waals surface area contributed by atoms with E-state index in [1.165, 1.54) is 23.5 Å². The van der Waals surface area contributed by atoms with E-state index in [4.69, 9.17) is 10.5 Å². The van der Waals surface area contributed by atoms with Gasteiger partial charge in [-0.15, -0.1) is 23.7 Å². The minimum absolute atomic E-state index is 0. The van der Waals surface area contributed by atoms with E-state index >= 15 is 0 Å². The first-order chi connectivity index (χ1) is 12.2. The second kappa shape index (κ2) is 9.97. The highest BCUT2D eigenvalue weighted by Gasteiger charge is 2.25. The number of carbonyl (C=O) groups is 1. The third-order valence-corrected chi connectivity index (χ3v) is 5.04. The lowest BCUT2D eigenvalue weighted by molar-refractivity contribution is 0.0503. The lowest BCUT2D eigenvalue weighted by Gasteiger charge is -2.25. The first-order valence-electron chi connectivity index (χ1n) is 8.45. The molecule has 0 bridgehead atoms. The van der Waals surface area contributed by atoms with Gasteiger partial charge in [0.05, 0.1) is 11.1 Å². The molecule has 1 fully saturated rings. The summed E-state index contributed by atoms with van der Waals surface area (Å²) in [4.78, 5) is 19.0. The molecule has 1 atom stereocenters. The minimum atomic E-state index is -0.305. The van der Waals surface area contributed by atoms with Crippen molar-refractivity contribution in [2.75, 3.05) is 19.7 Å². The van der Waals surface area contributed by atoms with E-state index in [1.807, 2.05) is 6.07 Å². The molecular weight excluding hydrogens is 377 g/mol. The average molecular weight is 400 g/mol. The maximum atomic E-state index is 13.5. The van der Waals surface area contributed by atoms with E-state index in [0.717, 1.165) is 30.0 Å². The first-order valence-corrected chi connectivity index (χ1v) is 9.33. The number of hydrogen-bond donors (Lipinski definition) is 1. The van der Waals surface area contributed by atoms with Gasteiger partial charge in [-0.3, -0.25) is 4.79 Å². The van der Waals surface area contributed by atoms with E-state index in [9.17, 15) is 9.18 Å². The summed E-state index contributed by atoms with van der Waals surface area (Å²) in [6.45, 7) is 2.05. The Morgan fingerprint density at radius 3 is 3.00 bits per heavy atom. The number of carbonyl (C=O) groups excluding carboxylic acids is 1. The maximum absolute atomic E-state index is 13.5. The largest absolute Gasteiger partial charge is 0.376 e. The average Bonchev–Trinajstić information content (AvgIpc) is 3.26. The van der Waals surface area contributed by atoms with Crippen molar-refractivity contribution in [2.45, 2.75) is 31.9 Å². The predicted octanol–water partition coefficient (Wildman–Crippen LogP) is 3.03. The number of thiazole rings is 1. The molecule has 0 saturated carbocycles. The zero-order valence-electron chi connectivity index (χ0n) is 14.4. The van der Waals surface area contributed by atoms with E-state index in [-0.39, 0.29) is 30.2 Å². The Kier molecular flexibility index (Phi) is 7.96. The van der Waals surface area contributed by atoms with Crippen LogP contribution in [0.4, 0.5) is 4.39 Å². The third-order valence-electron chi connectivity index (χ3n) is 4.13. The van der Waals surface area contributed by atoms with Crippen LogP contribution in [-0.2, 0) is 17.7 Å². The van der Waals surface area contributed by atoms with Gasteiger partial charge in [0.15, 0.2) is 0 Å². The lowest BCUT2D eigenvalue weighted by Crippen LogP contribution is -2.37. The molecule has 2 N–H and O–H groups in total. The second-order valence-electron chi connectivity index (χ2n) is 6.12. The van der Waals surface area contributed by atoms with Gasteiger partial charge in [-0.1, -0.05) is 12.1 Å². The molecule has 1 amide bonds. The molecule has 5 nitrogen and oxygen atoms in total. The van der Waals surface area contributed by atoms with Gasteiger partial charge in [-0.25, -0.2) is 9.37 Å². The van der Waals surface area contributed by atoms with Gasteiger partial charge in [0.2, 0.25) is 0 Å². The number of nitrogens with two attached hydrogens (primary N) is 1. The fourth-order valence-corrected chi connectivity index (χ4v) is 3.71. The van der Waals surface area contributed by atoms with Crippen molar-refractivity contribution in [1.29, 1.82) is 0 Å². The number of ether oxygens (including phenoxy) is 1. The van der Waals surface area contributed by atoms with Crippen molar-refractivity contribution in [3.05, 3.63) is 51.7 Å². The summed E-state index contributed by atoms with van der Waals surface area (Å²) >= 11 is 1.44. The van der Waals surface area contributed by atoms with Gasteiger partial charge in [-0.2, -0.15) is 0 Å². The molecule has 1 aliphatic rings. The van der Waals surface area contributed by atoms with Crippen LogP contribution in [0, 0.1) is 5.82 Å². The number of benzene rings is 1. The molecule has 0 spiro atoms. The van der Waals surface area contributed by atoms with Crippen molar-refractivity contribution >= 4 is 29.7 Å². The Bertz CT molecular complexity index is 722. The van der Waals surface area contributed by atoms with E-state index in [1.54, 1.807) is 16.3 Å². The minimum Gasteiger partial charge on any atom is -0.376 e. The molecule has 142 valence electrons. The fourth-order valence-electron chi connectivity index (χ4n) is 2.92. The smallest absolute Gasteiger partial charge is 0.273 e. The Morgan fingerprint density at radius 1 is 1.46 bits per heavy atom. The van der Waals surface area contributed by atoms with Crippen molar-refractivity contribution in [2.24, 2.45) is 5.73 Å². The zero-order chi connectivity index (χ0) is 17.6. The number of halogens is 2. The Morgan fingerprint density at radius 2 is 2.31 bits per heavy atom. The van der Waals surface area contributed by atoms with Gasteiger partial charge in [0.1, 0.15) is 11.5 Å². The number of aromatic nitrogens is 1. The molecule has 0 radical (unpaired) electrons. The Labute approximate surface area is 162 Å². The molecule has 2 heterocycles. The quantitative estimate of drug-likeness (QED) is 0.777. The van der Waals surface area contributed by atoms with Crippen LogP contribution in [-0.4, -0.2) is 41.6 Å². The second-order valence-corrected chi connectivity index (χ2v) is 7.06. The fraction of sp³-hybridized carbons (Fsp3) is 0.444. The van der Waals surface area contributed by atoms with Crippen LogP contribution in [0.2, 0.25) is 0 Å². The third kappa shape index (κ3) is 5.48. The Hall–Kier alpha value is -1.54. The molecule has 26 heavy (non-hydrogen) atoms. The summed E-state index contributed by atoms with van der Waals surface area (Å²) in [5.41, 5.74) is 6.72. The first kappa shape index (κ1) is 20.8. The van der Waals surface area contributed by atoms with Crippen LogP contribution >= 0.6 is 23.7 Å². The van der Waals surface area contributed by atoms with E-state index < -0.39 is 0 Å². The molecule has 1 aliphatic heterocycles. The monoisotopic (exact) mass is 399 g/mol. The van der Waals surface area contributed by atoms with Crippen molar-refractivity contribution < 1.29 is 13.9 Å². The molecule has 1 aromatic carbocycles. The van der Waals surface area contributed by atoms with Crippen LogP contribution in [0.15, 0.2) is 29.6 Å². The number of nitrogens with zero attached hydrogens (tertiary/aromatic N) is 2. The van der Waals surface area contributed by atoms with Crippen LogP contribution in [0.3, 0.4) is 0 Å². The molecular formula is C18H23ClFN3O2S. The van der Waals surface area contributed by atoms with Crippen LogP contribution in [0.5, 0.6) is 0 Å². The molecule has 3 rings (SSSR count). The number of hydrogen-bond acceptors (Lipinski definition) is 5. The summed E-state index contributed by atoms with van der Waals surface area (Å²) in [6, 6.07) is 6.33. The molecule has 1 saturated heterocycles. The summed E-state index contributed by atoms with van der Waals surface area (Å²) in [6.07, 6.45) is 2.62. The predicted molar refractivity (Wildman–Crippen MR) is 102 cm³/mol. The summed E-state index contributed by atoms with van der Waals surface area (Å²) in [7, 11) is 0. The topological polar surface area (TPSA) is 68.5 Å². The Balaban J connectivity index is 0.00000243. The molecule has 1 unspecified atom stereocenters. The molecule has 2 aromatic rings. The molecule has 1 aromatic heterocycles. The van der Waals surface area contributed by atoms with Crippen molar-refractivity contribution in [3.63, 3.8) is 0 Å². The zero-order valence-corrected chi connectivity index (χ0v) is 16.0. The standard InChI is InChI=1S/C18H22FN3O2S.ClH/c19-14-4-1-3-13(9-14)10-22(11-15-5-2-8-24-15)18(23)16-12-25-17(21-16)6-7-20;/h1,3-4,9,12,15H,2,5-8,10-11,20H2;1H. The molecule has 8 heteroatoms. The van der Waals surface area contributed by atoms with Crippen molar-refractivity contribution in [1.82, 2.24) is 9.88 Å². The van der Waals surface area contributed by atoms with Crippen molar-refractivity contribution in [3.8, 4) is 0 Å². The van der Waals surface area contributed by atoms with E-state index in [0.29, 0.717) is 31.7 Å². The maximum Gasteiger partial charge on any atom is 0.273 e. The van der Waals surface area contributed by atoms with Crippen LogP contribution in [0.1, 0.15) is 33.9 Å². The van der Waals surface area contributed by atoms with Gasteiger partial charge < -0.3 is 15.4 Å².